The monoisotopic (exact) mass is 842 g/mol. The van der Waals surface area contributed by atoms with Gasteiger partial charge in [-0.05, 0) is 113 Å². The second-order valence-electron chi connectivity index (χ2n) is 17.0. The molecule has 4 heteroatoms. The minimum Gasteiger partial charge on any atom is -0.310 e. The van der Waals surface area contributed by atoms with Gasteiger partial charge < -0.3 is 18.9 Å². The first-order valence-electron chi connectivity index (χ1n) is 22.6. The van der Waals surface area contributed by atoms with Gasteiger partial charge in [0.25, 0.3) is 0 Å². The third kappa shape index (κ3) is 6.07. The third-order valence-electron chi connectivity index (χ3n) is 13.2. The highest BCUT2D eigenvalue weighted by atomic mass is 15.2. The molecule has 2 heterocycles. The zero-order valence-corrected chi connectivity index (χ0v) is 36.0. The van der Waals surface area contributed by atoms with Crippen molar-refractivity contribution in [3.63, 3.8) is 0 Å². The summed E-state index contributed by atoms with van der Waals surface area (Å²) in [6.45, 7) is 0. The molecule has 0 N–H and O–H groups in total. The van der Waals surface area contributed by atoms with Crippen LogP contribution in [0.15, 0.2) is 255 Å². The molecule has 310 valence electrons. The first kappa shape index (κ1) is 37.7. The van der Waals surface area contributed by atoms with E-state index in [2.05, 4.69) is 274 Å². The molecule has 2 aromatic heterocycles. The Morgan fingerprint density at radius 3 is 1.21 bits per heavy atom. The van der Waals surface area contributed by atoms with Gasteiger partial charge >= 0.3 is 0 Å². The van der Waals surface area contributed by atoms with E-state index in [4.69, 9.17) is 0 Å². The largest absolute Gasteiger partial charge is 0.310 e. The summed E-state index contributed by atoms with van der Waals surface area (Å²) < 4.78 is 4.81. The fourth-order valence-electron chi connectivity index (χ4n) is 10.3. The van der Waals surface area contributed by atoms with Crippen LogP contribution in [0.25, 0.3) is 76.5 Å². The van der Waals surface area contributed by atoms with Crippen LogP contribution in [0, 0.1) is 0 Å². The lowest BCUT2D eigenvalue weighted by Gasteiger charge is -2.31. The molecule has 11 aromatic carbocycles. The highest BCUT2D eigenvalue weighted by molar-refractivity contribution is 6.16. The summed E-state index contributed by atoms with van der Waals surface area (Å²) in [5, 5.41) is 9.65. The van der Waals surface area contributed by atoms with E-state index < -0.39 is 0 Å². The van der Waals surface area contributed by atoms with Crippen LogP contribution < -0.4 is 9.80 Å². The summed E-state index contributed by atoms with van der Waals surface area (Å²) in [5.74, 6) is 0. The lowest BCUT2D eigenvalue weighted by Crippen LogP contribution is -2.14. The van der Waals surface area contributed by atoms with Gasteiger partial charge in [0, 0.05) is 66.7 Å². The number of benzene rings is 11. The van der Waals surface area contributed by atoms with Crippen LogP contribution in [-0.2, 0) is 0 Å². The van der Waals surface area contributed by atoms with Crippen LogP contribution >= 0.6 is 0 Å². The van der Waals surface area contributed by atoms with Gasteiger partial charge in [0.2, 0.25) is 0 Å². The molecule has 0 atom stereocenters. The van der Waals surface area contributed by atoms with Gasteiger partial charge in [-0.1, -0.05) is 158 Å². The number of hydrogen-bond acceptors (Lipinski definition) is 2. The molecular weight excluding hydrogens is 801 g/mol. The van der Waals surface area contributed by atoms with Crippen LogP contribution in [0.2, 0.25) is 0 Å². The summed E-state index contributed by atoms with van der Waals surface area (Å²) in [6.07, 6.45) is 0. The maximum atomic E-state index is 2.45. The first-order valence-corrected chi connectivity index (χ1v) is 22.6. The molecule has 0 saturated carbocycles. The SMILES string of the molecule is c1ccc(N(c2cc(N(c3ccccc3)c3ccc4c5ccccc5n(-c5ccccc5)c4c3)c3ccc4ccccc4c3c2)c2ccc3c4ccccc4n(-c4ccccc4)c3c2)cc1. The number of anilines is 6. The zero-order valence-electron chi connectivity index (χ0n) is 36.0. The van der Waals surface area contributed by atoms with Gasteiger partial charge in [-0.3, -0.25) is 0 Å². The number of para-hydroxylation sites is 6. The minimum atomic E-state index is 1.06. The van der Waals surface area contributed by atoms with Crippen LogP contribution in [0.3, 0.4) is 0 Å². The fraction of sp³-hybridized carbons (Fsp3) is 0. The highest BCUT2D eigenvalue weighted by Gasteiger charge is 2.24. The van der Waals surface area contributed by atoms with Gasteiger partial charge in [0.1, 0.15) is 0 Å². The van der Waals surface area contributed by atoms with E-state index in [0.717, 1.165) is 61.9 Å². The van der Waals surface area contributed by atoms with E-state index in [1.54, 1.807) is 0 Å². The molecular formula is C62H42N4. The van der Waals surface area contributed by atoms with Crippen molar-refractivity contribution in [2.24, 2.45) is 0 Å². The van der Waals surface area contributed by atoms with Gasteiger partial charge in [0.05, 0.1) is 27.8 Å². The van der Waals surface area contributed by atoms with Crippen molar-refractivity contribution >= 4 is 99.3 Å². The average molecular weight is 843 g/mol. The molecule has 13 aromatic rings. The first-order chi connectivity index (χ1) is 32.8. The third-order valence-corrected chi connectivity index (χ3v) is 13.2. The van der Waals surface area contributed by atoms with Crippen molar-refractivity contribution in [3.8, 4) is 11.4 Å². The van der Waals surface area contributed by atoms with E-state index in [-0.39, 0.29) is 0 Å². The van der Waals surface area contributed by atoms with E-state index in [9.17, 15) is 0 Å². The Morgan fingerprint density at radius 1 is 0.227 bits per heavy atom. The normalized spacial score (nSPS) is 11.6. The minimum absolute atomic E-state index is 1.06. The van der Waals surface area contributed by atoms with Crippen molar-refractivity contribution in [1.29, 1.82) is 0 Å². The van der Waals surface area contributed by atoms with Crippen LogP contribution in [-0.4, -0.2) is 9.13 Å². The molecule has 66 heavy (non-hydrogen) atoms. The maximum absolute atomic E-state index is 2.45. The van der Waals surface area contributed by atoms with Crippen molar-refractivity contribution in [1.82, 2.24) is 9.13 Å². The summed E-state index contributed by atoms with van der Waals surface area (Å²) in [6, 6.07) is 92.6. The van der Waals surface area contributed by atoms with E-state index in [1.807, 2.05) is 0 Å². The number of fused-ring (bicyclic) bond motifs is 9. The molecule has 0 radical (unpaired) electrons. The summed E-state index contributed by atoms with van der Waals surface area (Å²) in [4.78, 5) is 4.88. The Kier molecular flexibility index (Phi) is 8.81. The van der Waals surface area contributed by atoms with E-state index in [0.29, 0.717) is 0 Å². The molecule has 13 rings (SSSR count). The molecule has 0 aliphatic carbocycles. The Hall–Kier alpha value is -8.86. The molecule has 0 spiro atoms. The van der Waals surface area contributed by atoms with Crippen LogP contribution in [0.5, 0.6) is 0 Å². The molecule has 4 nitrogen and oxygen atoms in total. The molecule has 0 unspecified atom stereocenters. The Balaban J connectivity index is 1.10. The van der Waals surface area contributed by atoms with Gasteiger partial charge in [-0.25, -0.2) is 0 Å². The smallest absolute Gasteiger partial charge is 0.0561 e. The number of hydrogen-bond donors (Lipinski definition) is 0. The van der Waals surface area contributed by atoms with E-state index in [1.165, 1.54) is 48.7 Å². The topological polar surface area (TPSA) is 16.3 Å². The van der Waals surface area contributed by atoms with E-state index >= 15 is 0 Å². The van der Waals surface area contributed by atoms with Crippen molar-refractivity contribution in [2.45, 2.75) is 0 Å². The summed E-state index contributed by atoms with van der Waals surface area (Å²) >= 11 is 0. The van der Waals surface area contributed by atoms with Crippen LogP contribution in [0.1, 0.15) is 0 Å². The van der Waals surface area contributed by atoms with Gasteiger partial charge in [-0.2, -0.15) is 0 Å². The second-order valence-corrected chi connectivity index (χ2v) is 17.0. The van der Waals surface area contributed by atoms with Gasteiger partial charge in [-0.15, -0.1) is 0 Å². The predicted molar refractivity (Wildman–Crippen MR) is 279 cm³/mol. The summed E-state index contributed by atoms with van der Waals surface area (Å²) in [5.41, 5.74) is 13.4. The number of nitrogens with zero attached hydrogens (tertiary/aromatic N) is 4. The Morgan fingerprint density at radius 2 is 0.652 bits per heavy atom. The molecule has 0 bridgehead atoms. The standard InChI is InChI=1S/C62H42N4/c1-5-20-44(21-6-1)63(48-34-37-54-52-29-15-17-31-58(52)65(61(54)40-48)46-24-9-3-10-25-46)50-39-57-51-28-14-13-19-43(51)33-36-56(57)60(42-50)64(45-22-7-2-8-23-45)49-35-38-55-53-30-16-18-32-59(53)66(62(55)41-49)47-26-11-4-12-27-47/h1-42H. The lowest BCUT2D eigenvalue weighted by molar-refractivity contribution is 1.18. The maximum Gasteiger partial charge on any atom is 0.0561 e. The Bertz CT molecular complexity index is 3930. The Labute approximate surface area is 382 Å². The van der Waals surface area contributed by atoms with Crippen LogP contribution in [0.4, 0.5) is 34.1 Å². The fourth-order valence-corrected chi connectivity index (χ4v) is 10.3. The van der Waals surface area contributed by atoms with Gasteiger partial charge in [0.15, 0.2) is 0 Å². The average Bonchev–Trinajstić information content (AvgIpc) is 3.90. The molecule has 0 aliphatic heterocycles. The molecule has 0 fully saturated rings. The molecule has 0 amide bonds. The number of rotatable bonds is 8. The lowest BCUT2D eigenvalue weighted by atomic mass is 9.98. The second kappa shape index (κ2) is 15.4. The highest BCUT2D eigenvalue weighted by Crippen LogP contribution is 2.48. The summed E-state index contributed by atoms with van der Waals surface area (Å²) in [7, 11) is 0. The molecule has 0 saturated heterocycles. The number of aromatic nitrogens is 2. The zero-order chi connectivity index (χ0) is 43.6. The predicted octanol–water partition coefficient (Wildman–Crippen LogP) is 17.1. The molecule has 0 aliphatic rings. The van der Waals surface area contributed by atoms with Crippen molar-refractivity contribution in [3.05, 3.63) is 255 Å². The van der Waals surface area contributed by atoms with Crippen molar-refractivity contribution < 1.29 is 0 Å². The van der Waals surface area contributed by atoms with Crippen molar-refractivity contribution in [2.75, 3.05) is 9.80 Å². The quantitative estimate of drug-likeness (QED) is 0.142.